The molecule has 8 nitrogen and oxygen atoms in total. The summed E-state index contributed by atoms with van der Waals surface area (Å²) in [4.78, 5) is 44.5. The van der Waals surface area contributed by atoms with E-state index in [1.54, 1.807) is 37.3 Å². The summed E-state index contributed by atoms with van der Waals surface area (Å²) in [5, 5.41) is 13.8. The number of rotatable bonds is 8. The van der Waals surface area contributed by atoms with Crippen molar-refractivity contribution in [2.24, 2.45) is 5.92 Å². The van der Waals surface area contributed by atoms with Crippen molar-refractivity contribution in [3.63, 3.8) is 0 Å². The molecule has 0 saturated carbocycles. The summed E-state index contributed by atoms with van der Waals surface area (Å²) in [6.07, 6.45) is 1.30. The molecule has 2 heterocycles. The molecular formula is C32H31N3O5. The molecule has 0 aliphatic carbocycles. The number of anilines is 1. The van der Waals surface area contributed by atoms with Crippen molar-refractivity contribution in [1.29, 1.82) is 0 Å². The molecule has 1 saturated heterocycles. The van der Waals surface area contributed by atoms with Crippen LogP contribution in [-0.4, -0.2) is 52.5 Å². The number of aromatic nitrogens is 1. The fourth-order valence-electron chi connectivity index (χ4n) is 5.21. The maximum atomic E-state index is 13.0. The first-order valence-corrected chi connectivity index (χ1v) is 13.4. The van der Waals surface area contributed by atoms with Crippen LogP contribution < -0.4 is 5.32 Å². The van der Waals surface area contributed by atoms with Crippen LogP contribution in [0.2, 0.25) is 0 Å². The van der Waals surface area contributed by atoms with Crippen molar-refractivity contribution in [2.45, 2.75) is 26.3 Å². The van der Waals surface area contributed by atoms with Gasteiger partial charge in [-0.25, -0.2) is 14.6 Å². The smallest absolute Gasteiger partial charge is 0.338 e. The highest BCUT2D eigenvalue weighted by Gasteiger charge is 2.28. The first kappa shape index (κ1) is 27.0. The summed E-state index contributed by atoms with van der Waals surface area (Å²) < 4.78 is 5.00. The van der Waals surface area contributed by atoms with Gasteiger partial charge in [0.05, 0.1) is 28.9 Å². The van der Waals surface area contributed by atoms with Crippen molar-refractivity contribution in [3.8, 4) is 11.3 Å². The molecule has 2 N–H and O–H groups in total. The zero-order valence-corrected chi connectivity index (χ0v) is 22.3. The van der Waals surface area contributed by atoms with Gasteiger partial charge in [0.2, 0.25) is 5.91 Å². The molecule has 1 aliphatic heterocycles. The SMILES string of the molecule is CCOC(=O)c1ccc(NC(=O)C2CCN(Cc3c(-c4ccccc4)nc4ccccc4c3C(=O)O)CC2)cc1. The second kappa shape index (κ2) is 12.1. The number of hydrogen-bond acceptors (Lipinski definition) is 6. The monoisotopic (exact) mass is 537 g/mol. The lowest BCUT2D eigenvalue weighted by molar-refractivity contribution is -0.121. The number of piperidine rings is 1. The van der Waals surface area contributed by atoms with Crippen LogP contribution in [-0.2, 0) is 16.1 Å². The molecule has 5 rings (SSSR count). The summed E-state index contributed by atoms with van der Waals surface area (Å²) in [6, 6.07) is 23.7. The van der Waals surface area contributed by atoms with Crippen LogP contribution in [0.1, 0.15) is 46.0 Å². The number of nitrogens with zero attached hydrogens (tertiary/aromatic N) is 2. The first-order valence-electron chi connectivity index (χ1n) is 13.4. The van der Waals surface area contributed by atoms with Crippen molar-refractivity contribution >= 4 is 34.4 Å². The number of carboxylic acid groups (broad SMARTS) is 1. The van der Waals surface area contributed by atoms with Crippen LogP contribution in [0, 0.1) is 5.92 Å². The predicted molar refractivity (Wildman–Crippen MR) is 153 cm³/mol. The van der Waals surface area contributed by atoms with Gasteiger partial charge in [-0.1, -0.05) is 48.5 Å². The molecule has 40 heavy (non-hydrogen) atoms. The van der Waals surface area contributed by atoms with Crippen molar-refractivity contribution in [1.82, 2.24) is 9.88 Å². The van der Waals surface area contributed by atoms with Gasteiger partial charge in [0.1, 0.15) is 0 Å². The lowest BCUT2D eigenvalue weighted by Crippen LogP contribution is -2.38. The van der Waals surface area contributed by atoms with E-state index in [1.807, 2.05) is 48.5 Å². The average Bonchev–Trinajstić information content (AvgIpc) is 2.98. The minimum absolute atomic E-state index is 0.0629. The number of amides is 1. The molecule has 1 fully saturated rings. The Hall–Kier alpha value is -4.56. The third kappa shape index (κ3) is 5.87. The number of carboxylic acids is 1. The number of nitrogens with one attached hydrogen (secondary N) is 1. The molecule has 0 bridgehead atoms. The van der Waals surface area contributed by atoms with Gasteiger partial charge in [0, 0.05) is 34.7 Å². The Labute approximate surface area is 232 Å². The second-order valence-electron chi connectivity index (χ2n) is 9.84. The fraction of sp³-hybridized carbons (Fsp3) is 0.250. The number of esters is 1. The van der Waals surface area contributed by atoms with E-state index < -0.39 is 11.9 Å². The Morgan fingerprint density at radius 3 is 2.30 bits per heavy atom. The number of ether oxygens (including phenoxy) is 1. The maximum Gasteiger partial charge on any atom is 0.338 e. The largest absolute Gasteiger partial charge is 0.478 e. The number of benzene rings is 3. The average molecular weight is 538 g/mol. The molecule has 8 heteroatoms. The summed E-state index contributed by atoms with van der Waals surface area (Å²) in [7, 11) is 0. The van der Waals surface area contributed by atoms with Gasteiger partial charge in [-0.2, -0.15) is 0 Å². The van der Waals surface area contributed by atoms with E-state index in [9.17, 15) is 19.5 Å². The number of fused-ring (bicyclic) bond motifs is 1. The standard InChI is InChI=1S/C32H31N3O5/c1-2-40-32(39)23-12-14-24(15-13-23)33-30(36)22-16-18-35(19-17-22)20-26-28(31(37)38)25-10-6-7-11-27(25)34-29(26)21-8-4-3-5-9-21/h3-15,22H,2,16-20H2,1H3,(H,33,36)(H,37,38). The Morgan fingerprint density at radius 1 is 0.950 bits per heavy atom. The van der Waals surface area contributed by atoms with E-state index in [0.29, 0.717) is 72.5 Å². The van der Waals surface area contributed by atoms with E-state index in [2.05, 4.69) is 10.2 Å². The fourth-order valence-corrected chi connectivity index (χ4v) is 5.21. The maximum absolute atomic E-state index is 13.0. The minimum atomic E-state index is -0.978. The highest BCUT2D eigenvalue weighted by Crippen LogP contribution is 2.32. The van der Waals surface area contributed by atoms with Gasteiger partial charge in [-0.05, 0) is 63.2 Å². The van der Waals surface area contributed by atoms with Gasteiger partial charge >= 0.3 is 11.9 Å². The molecule has 0 unspecified atom stereocenters. The summed E-state index contributed by atoms with van der Waals surface area (Å²) in [6.45, 7) is 3.79. The van der Waals surface area contributed by atoms with E-state index in [1.165, 1.54) is 0 Å². The number of aromatic carboxylic acids is 1. The molecule has 0 spiro atoms. The van der Waals surface area contributed by atoms with Gasteiger partial charge in [0.15, 0.2) is 0 Å². The Morgan fingerprint density at radius 2 is 1.62 bits per heavy atom. The van der Waals surface area contributed by atoms with Crippen molar-refractivity contribution in [3.05, 3.63) is 95.6 Å². The molecule has 204 valence electrons. The Bertz CT molecular complexity index is 1530. The van der Waals surface area contributed by atoms with E-state index >= 15 is 0 Å². The molecule has 0 atom stereocenters. The summed E-state index contributed by atoms with van der Waals surface area (Å²) in [5.74, 6) is -1.60. The van der Waals surface area contributed by atoms with Gasteiger partial charge in [0.25, 0.3) is 0 Å². The molecule has 0 radical (unpaired) electrons. The Balaban J connectivity index is 1.31. The lowest BCUT2D eigenvalue weighted by Gasteiger charge is -2.32. The zero-order chi connectivity index (χ0) is 28.1. The van der Waals surface area contributed by atoms with Gasteiger partial charge in [-0.3, -0.25) is 9.69 Å². The molecular weight excluding hydrogens is 506 g/mol. The van der Waals surface area contributed by atoms with Crippen LogP contribution in [0.4, 0.5) is 5.69 Å². The van der Waals surface area contributed by atoms with Crippen LogP contribution in [0.15, 0.2) is 78.9 Å². The van der Waals surface area contributed by atoms with Gasteiger partial charge < -0.3 is 15.2 Å². The van der Waals surface area contributed by atoms with Gasteiger partial charge in [-0.15, -0.1) is 0 Å². The number of hydrogen-bond donors (Lipinski definition) is 2. The number of para-hydroxylation sites is 1. The molecule has 1 amide bonds. The molecule has 1 aromatic heterocycles. The first-order chi connectivity index (χ1) is 19.4. The van der Waals surface area contributed by atoms with E-state index in [-0.39, 0.29) is 17.4 Å². The quantitative estimate of drug-likeness (QED) is 0.281. The summed E-state index contributed by atoms with van der Waals surface area (Å²) in [5.41, 5.74) is 4.20. The lowest BCUT2D eigenvalue weighted by atomic mass is 9.93. The van der Waals surface area contributed by atoms with E-state index in [4.69, 9.17) is 9.72 Å². The molecule has 4 aromatic rings. The highest BCUT2D eigenvalue weighted by molar-refractivity contribution is 6.05. The Kier molecular flexibility index (Phi) is 8.17. The summed E-state index contributed by atoms with van der Waals surface area (Å²) >= 11 is 0. The minimum Gasteiger partial charge on any atom is -0.478 e. The third-order valence-corrected chi connectivity index (χ3v) is 7.26. The van der Waals surface area contributed by atoms with Crippen LogP contribution in [0.3, 0.4) is 0 Å². The van der Waals surface area contributed by atoms with Crippen LogP contribution in [0.5, 0.6) is 0 Å². The number of carbonyl (C=O) groups is 3. The topological polar surface area (TPSA) is 109 Å². The second-order valence-corrected chi connectivity index (χ2v) is 9.84. The van der Waals surface area contributed by atoms with E-state index in [0.717, 1.165) is 5.56 Å². The normalized spacial score (nSPS) is 14.1. The zero-order valence-electron chi connectivity index (χ0n) is 22.3. The molecule has 1 aliphatic rings. The molecule has 3 aromatic carbocycles. The number of likely N-dealkylation sites (tertiary alicyclic amines) is 1. The third-order valence-electron chi connectivity index (χ3n) is 7.26. The highest BCUT2D eigenvalue weighted by atomic mass is 16.5. The van der Waals surface area contributed by atoms with Crippen LogP contribution in [0.25, 0.3) is 22.2 Å². The van der Waals surface area contributed by atoms with Crippen molar-refractivity contribution in [2.75, 3.05) is 25.0 Å². The number of carbonyl (C=O) groups excluding carboxylic acids is 2. The van der Waals surface area contributed by atoms with Crippen LogP contribution >= 0.6 is 0 Å². The number of pyridine rings is 1. The van der Waals surface area contributed by atoms with Crippen molar-refractivity contribution < 1.29 is 24.2 Å². The predicted octanol–water partition coefficient (Wildman–Crippen LogP) is 5.63.